The lowest BCUT2D eigenvalue weighted by Crippen LogP contribution is -2.20. The van der Waals surface area contributed by atoms with Gasteiger partial charge in [0, 0.05) is 37.8 Å². The first-order valence-corrected chi connectivity index (χ1v) is 10.0. The van der Waals surface area contributed by atoms with Crippen molar-refractivity contribution in [3.8, 4) is 11.5 Å². The Morgan fingerprint density at radius 2 is 1.97 bits per heavy atom. The third-order valence-electron chi connectivity index (χ3n) is 4.63. The Bertz CT molecular complexity index is 1210. The van der Waals surface area contributed by atoms with Gasteiger partial charge in [-0.3, -0.25) is 9.78 Å². The Balaban J connectivity index is 1.31. The van der Waals surface area contributed by atoms with Gasteiger partial charge in [0.05, 0.1) is 12.5 Å². The third kappa shape index (κ3) is 5.89. The number of pyridine rings is 1. The molecule has 0 aliphatic carbocycles. The van der Waals surface area contributed by atoms with Crippen molar-refractivity contribution in [2.45, 2.75) is 13.1 Å². The maximum Gasteiger partial charge on any atom is 0.244 e. The predicted octanol–water partition coefficient (Wildman–Crippen LogP) is 4.59. The number of nitrogens with one attached hydrogen (secondary N) is 1. The van der Waals surface area contributed by atoms with E-state index < -0.39 is 5.82 Å². The average molecular weight is 428 g/mol. The lowest BCUT2D eigenvalue weighted by molar-refractivity contribution is -0.116. The van der Waals surface area contributed by atoms with Crippen LogP contribution in [-0.4, -0.2) is 20.4 Å². The Labute approximate surface area is 185 Å². The second-order valence-electron chi connectivity index (χ2n) is 7.09. The molecular weight excluding hydrogens is 407 g/mol. The molecule has 0 bridgehead atoms. The van der Waals surface area contributed by atoms with Crippen LogP contribution in [0.5, 0.6) is 11.5 Å². The van der Waals surface area contributed by atoms with Gasteiger partial charge in [-0.2, -0.15) is 0 Å². The molecule has 2 heterocycles. The van der Waals surface area contributed by atoms with Crippen LogP contribution in [0.15, 0.2) is 91.8 Å². The molecule has 0 radical (unpaired) electrons. The molecule has 0 saturated heterocycles. The first-order chi connectivity index (χ1) is 15.7. The fourth-order valence-corrected chi connectivity index (χ4v) is 3.09. The summed E-state index contributed by atoms with van der Waals surface area (Å²) in [5.41, 5.74) is 2.67. The molecule has 32 heavy (non-hydrogen) atoms. The topological polar surface area (TPSA) is 69.0 Å². The van der Waals surface area contributed by atoms with Crippen molar-refractivity contribution in [1.29, 1.82) is 0 Å². The molecule has 0 atom stereocenters. The number of rotatable bonds is 8. The molecule has 7 heteroatoms. The van der Waals surface area contributed by atoms with Crippen LogP contribution in [0.2, 0.25) is 0 Å². The van der Waals surface area contributed by atoms with Gasteiger partial charge in [0.2, 0.25) is 5.91 Å². The number of hydrogen-bond acceptors (Lipinski definition) is 4. The van der Waals surface area contributed by atoms with Gasteiger partial charge in [0.25, 0.3) is 0 Å². The Morgan fingerprint density at radius 1 is 1.06 bits per heavy atom. The zero-order chi connectivity index (χ0) is 22.2. The summed E-state index contributed by atoms with van der Waals surface area (Å²) in [6.07, 6.45) is 11.5. The van der Waals surface area contributed by atoms with Gasteiger partial charge < -0.3 is 14.6 Å². The number of aromatic nitrogens is 3. The molecule has 2 aromatic carbocycles. The van der Waals surface area contributed by atoms with Crippen LogP contribution < -0.4 is 10.1 Å². The van der Waals surface area contributed by atoms with Crippen LogP contribution >= 0.6 is 0 Å². The normalized spacial score (nSPS) is 10.9. The second-order valence-corrected chi connectivity index (χ2v) is 7.09. The van der Waals surface area contributed by atoms with Gasteiger partial charge in [0.1, 0.15) is 5.75 Å². The molecule has 1 amide bonds. The zero-order valence-corrected chi connectivity index (χ0v) is 17.2. The molecule has 0 aliphatic heterocycles. The summed E-state index contributed by atoms with van der Waals surface area (Å²) in [6.45, 7) is 1.11. The van der Waals surface area contributed by atoms with Crippen LogP contribution in [0.4, 0.5) is 4.39 Å². The van der Waals surface area contributed by atoms with Crippen molar-refractivity contribution < 1.29 is 13.9 Å². The molecule has 1 N–H and O–H groups in total. The highest BCUT2D eigenvalue weighted by atomic mass is 19.1. The summed E-state index contributed by atoms with van der Waals surface area (Å²) in [6, 6.07) is 15.9. The lowest BCUT2D eigenvalue weighted by atomic mass is 10.1. The van der Waals surface area contributed by atoms with Gasteiger partial charge in [-0.25, -0.2) is 9.37 Å². The number of hydrogen-bond donors (Lipinski definition) is 1. The van der Waals surface area contributed by atoms with E-state index in [0.717, 1.165) is 11.1 Å². The van der Waals surface area contributed by atoms with Crippen LogP contribution in [-0.2, 0) is 17.9 Å². The Kier molecular flexibility index (Phi) is 6.67. The highest BCUT2D eigenvalue weighted by Crippen LogP contribution is 2.24. The third-order valence-corrected chi connectivity index (χ3v) is 4.63. The molecular formula is C25H21FN4O2. The first kappa shape index (κ1) is 21.0. The van der Waals surface area contributed by atoms with Crippen LogP contribution in [0.25, 0.3) is 6.08 Å². The predicted molar refractivity (Wildman–Crippen MR) is 119 cm³/mol. The molecule has 0 aliphatic rings. The molecule has 2 aromatic heterocycles. The number of benzene rings is 2. The van der Waals surface area contributed by atoms with Gasteiger partial charge in [-0.1, -0.05) is 30.3 Å². The fraction of sp³-hybridized carbons (Fsp3) is 0.0800. The van der Waals surface area contributed by atoms with E-state index in [1.54, 1.807) is 43.0 Å². The SMILES string of the molecule is O=C(/C=C/c1ccc(Oc2cccnc2)c(F)c1)NCc1cccc(Cn2ccnc2)c1. The Morgan fingerprint density at radius 3 is 2.75 bits per heavy atom. The van der Waals surface area contributed by atoms with Crippen molar-refractivity contribution in [2.75, 3.05) is 0 Å². The van der Waals surface area contributed by atoms with Crippen molar-refractivity contribution in [3.63, 3.8) is 0 Å². The largest absolute Gasteiger partial charge is 0.453 e. The van der Waals surface area contributed by atoms with E-state index >= 15 is 0 Å². The van der Waals surface area contributed by atoms with E-state index in [-0.39, 0.29) is 11.7 Å². The quantitative estimate of drug-likeness (QED) is 0.417. The summed E-state index contributed by atoms with van der Waals surface area (Å²) >= 11 is 0. The molecule has 160 valence electrons. The van der Waals surface area contributed by atoms with E-state index in [1.807, 2.05) is 35.0 Å². The monoisotopic (exact) mass is 428 g/mol. The highest BCUT2D eigenvalue weighted by Gasteiger charge is 2.06. The van der Waals surface area contributed by atoms with E-state index in [9.17, 15) is 9.18 Å². The summed E-state index contributed by atoms with van der Waals surface area (Å²) in [5, 5.41) is 2.84. The van der Waals surface area contributed by atoms with Crippen LogP contribution in [0.3, 0.4) is 0 Å². The average Bonchev–Trinajstić information content (AvgIpc) is 3.32. The lowest BCUT2D eigenvalue weighted by Gasteiger charge is -2.07. The zero-order valence-electron chi connectivity index (χ0n) is 17.2. The molecule has 4 rings (SSSR count). The van der Waals surface area contributed by atoms with E-state index in [0.29, 0.717) is 24.4 Å². The van der Waals surface area contributed by atoms with Gasteiger partial charge in [-0.05, 0) is 47.0 Å². The number of ether oxygens (including phenoxy) is 1. The number of amides is 1. The van der Waals surface area contributed by atoms with Crippen molar-refractivity contribution in [3.05, 3.63) is 114 Å². The molecule has 0 spiro atoms. The van der Waals surface area contributed by atoms with Crippen molar-refractivity contribution in [2.24, 2.45) is 0 Å². The number of nitrogens with zero attached hydrogens (tertiary/aromatic N) is 3. The van der Waals surface area contributed by atoms with Gasteiger partial charge in [0.15, 0.2) is 11.6 Å². The Hall–Kier alpha value is -4.26. The summed E-state index contributed by atoms with van der Waals surface area (Å²) in [5.74, 6) is -0.245. The summed E-state index contributed by atoms with van der Waals surface area (Å²) < 4.78 is 21.8. The number of imidazole rings is 1. The number of carbonyl (C=O) groups is 1. The van der Waals surface area contributed by atoms with Crippen LogP contribution in [0.1, 0.15) is 16.7 Å². The second kappa shape index (κ2) is 10.2. The smallest absolute Gasteiger partial charge is 0.244 e. The van der Waals surface area contributed by atoms with Crippen molar-refractivity contribution >= 4 is 12.0 Å². The van der Waals surface area contributed by atoms with Crippen molar-refractivity contribution in [1.82, 2.24) is 19.9 Å². The molecule has 4 aromatic rings. The fourth-order valence-electron chi connectivity index (χ4n) is 3.09. The summed E-state index contributed by atoms with van der Waals surface area (Å²) in [7, 11) is 0. The molecule has 6 nitrogen and oxygen atoms in total. The standard InChI is InChI=1S/C25H21FN4O2/c26-23-14-19(6-8-24(23)32-22-5-2-10-27-16-22)7-9-25(31)29-15-20-3-1-4-21(13-20)17-30-12-11-28-18-30/h1-14,16,18H,15,17H2,(H,29,31)/b9-7+. The van der Waals surface area contributed by atoms with E-state index in [2.05, 4.69) is 15.3 Å². The number of halogens is 1. The maximum absolute atomic E-state index is 14.3. The highest BCUT2D eigenvalue weighted by molar-refractivity contribution is 5.91. The first-order valence-electron chi connectivity index (χ1n) is 10.0. The minimum Gasteiger partial charge on any atom is -0.453 e. The number of carbonyl (C=O) groups excluding carboxylic acids is 1. The van der Waals surface area contributed by atoms with Gasteiger partial charge >= 0.3 is 0 Å². The van der Waals surface area contributed by atoms with E-state index in [4.69, 9.17) is 4.74 Å². The maximum atomic E-state index is 14.3. The minimum atomic E-state index is -0.522. The molecule has 0 fully saturated rings. The minimum absolute atomic E-state index is 0.0928. The molecule has 0 saturated carbocycles. The molecule has 0 unspecified atom stereocenters. The van der Waals surface area contributed by atoms with Crippen LogP contribution in [0, 0.1) is 5.82 Å². The van der Waals surface area contributed by atoms with E-state index in [1.165, 1.54) is 24.4 Å². The summed E-state index contributed by atoms with van der Waals surface area (Å²) in [4.78, 5) is 20.2. The van der Waals surface area contributed by atoms with Gasteiger partial charge in [-0.15, -0.1) is 0 Å².